The van der Waals surface area contributed by atoms with Gasteiger partial charge in [-0.25, -0.2) is 8.42 Å². The molecule has 3 N–H and O–H groups in total. The van der Waals surface area contributed by atoms with Crippen molar-refractivity contribution >= 4 is 27.8 Å². The topological polar surface area (TPSA) is 162 Å². The number of nitrogens with zero attached hydrogens (tertiary/aromatic N) is 3. The van der Waals surface area contributed by atoms with E-state index in [0.717, 1.165) is 5.56 Å². The number of alkyl halides is 3. The minimum absolute atomic E-state index is 0.00242. The van der Waals surface area contributed by atoms with Gasteiger partial charge in [-0.1, -0.05) is 36.4 Å². The first-order valence-corrected chi connectivity index (χ1v) is 14.0. The van der Waals surface area contributed by atoms with Gasteiger partial charge in [-0.3, -0.25) is 14.3 Å². The molecular weight excluding hydrogens is 581 g/mol. The zero-order chi connectivity index (χ0) is 30.2. The maximum absolute atomic E-state index is 12.7. The highest BCUT2D eigenvalue weighted by molar-refractivity contribution is 7.90. The van der Waals surface area contributed by atoms with Crippen molar-refractivity contribution in [2.45, 2.75) is 19.1 Å². The monoisotopic (exact) mass is 606 g/mol. The molecule has 6 bridgehead atoms. The summed E-state index contributed by atoms with van der Waals surface area (Å²) < 4.78 is 74.7. The van der Waals surface area contributed by atoms with E-state index in [4.69, 9.17) is 9.47 Å². The van der Waals surface area contributed by atoms with Crippen LogP contribution in [0.4, 0.5) is 19.1 Å². The number of anilines is 1. The van der Waals surface area contributed by atoms with Crippen LogP contribution in [0, 0.1) is 0 Å². The number of hydrogen-bond donors (Lipinski definition) is 3. The molecule has 3 aliphatic heterocycles. The second-order valence-electron chi connectivity index (χ2n) is 8.90. The van der Waals surface area contributed by atoms with E-state index < -0.39 is 52.9 Å². The van der Waals surface area contributed by atoms with Gasteiger partial charge in [-0.05, 0) is 35.4 Å². The lowest BCUT2D eigenvalue weighted by molar-refractivity contribution is -0.154. The Morgan fingerprint density at radius 2 is 1.60 bits per heavy atom. The van der Waals surface area contributed by atoms with Crippen molar-refractivity contribution in [3.8, 4) is 11.8 Å². The van der Waals surface area contributed by atoms with Crippen LogP contribution in [0.1, 0.15) is 27.3 Å². The predicted molar refractivity (Wildman–Crippen MR) is 143 cm³/mol. The Hall–Kier alpha value is -4.73. The number of hydrogen-bond acceptors (Lipinski definition) is 10. The van der Waals surface area contributed by atoms with E-state index in [9.17, 15) is 31.2 Å². The Bertz CT molecular complexity index is 1550. The lowest BCUT2D eigenvalue weighted by Gasteiger charge is -2.12. The summed E-state index contributed by atoms with van der Waals surface area (Å²) in [6, 6.07) is 12.4. The van der Waals surface area contributed by atoms with E-state index in [1.54, 1.807) is 36.4 Å². The third-order valence-electron chi connectivity index (χ3n) is 5.49. The van der Waals surface area contributed by atoms with E-state index in [-0.39, 0.29) is 36.9 Å². The summed E-state index contributed by atoms with van der Waals surface area (Å²) in [5.74, 6) is -1.41. The van der Waals surface area contributed by atoms with E-state index in [1.165, 1.54) is 24.3 Å². The normalized spacial score (nSPS) is 16.3. The minimum atomic E-state index is -4.59. The number of nitrogens with one attached hydrogen (secondary N) is 3. The minimum Gasteiger partial charge on any atom is -0.490 e. The van der Waals surface area contributed by atoms with Crippen LogP contribution < -0.4 is 24.8 Å². The predicted octanol–water partition coefficient (Wildman–Crippen LogP) is 2.14. The first-order chi connectivity index (χ1) is 19.9. The van der Waals surface area contributed by atoms with Crippen molar-refractivity contribution in [2.75, 3.05) is 30.8 Å². The molecule has 4 heterocycles. The van der Waals surface area contributed by atoms with Gasteiger partial charge in [0.15, 0.2) is 6.61 Å². The molecule has 0 unspecified atom stereocenters. The van der Waals surface area contributed by atoms with Gasteiger partial charge in [0.2, 0.25) is 16.0 Å². The van der Waals surface area contributed by atoms with Crippen LogP contribution in [-0.2, 0) is 27.8 Å². The van der Waals surface area contributed by atoms with E-state index >= 15 is 0 Å². The first-order valence-electron chi connectivity index (χ1n) is 12.4. The van der Waals surface area contributed by atoms with Crippen molar-refractivity contribution in [2.24, 2.45) is 0 Å². The lowest BCUT2D eigenvalue weighted by atomic mass is 10.1. The van der Waals surface area contributed by atoms with Crippen molar-refractivity contribution in [3.63, 3.8) is 0 Å². The number of carbonyl (C=O) groups excluding carboxylic acids is 2. The molecule has 1 aromatic heterocycles. The van der Waals surface area contributed by atoms with E-state index in [2.05, 4.69) is 25.6 Å². The molecule has 16 heteroatoms. The summed E-state index contributed by atoms with van der Waals surface area (Å²) in [5.41, 5.74) is 1.57. The van der Waals surface area contributed by atoms with Crippen LogP contribution in [0.5, 0.6) is 11.8 Å². The van der Waals surface area contributed by atoms with Crippen molar-refractivity contribution < 1.29 is 40.7 Å². The van der Waals surface area contributed by atoms with Gasteiger partial charge in [0, 0.05) is 18.5 Å². The van der Waals surface area contributed by atoms with Gasteiger partial charge in [-0.2, -0.15) is 28.1 Å². The molecule has 0 spiro atoms. The molecule has 2 aromatic carbocycles. The van der Waals surface area contributed by atoms with Crippen LogP contribution in [0.3, 0.4) is 0 Å². The molecule has 0 radical (unpaired) electrons. The Kier molecular flexibility index (Phi) is 9.57. The Labute approximate surface area is 238 Å². The van der Waals surface area contributed by atoms with Crippen LogP contribution in [-0.4, -0.2) is 66.9 Å². The number of carbonyl (C=O) groups is 2. The van der Waals surface area contributed by atoms with Crippen LogP contribution in [0.2, 0.25) is 0 Å². The SMILES string of the molecule is O=C1CNC(=O)c2ccc(cc2)Cc2nc(nc(OCC(F)(F)F)n2)NCc2ccc(cc2)OCC=CCS(=O)(=O)N1. The van der Waals surface area contributed by atoms with Crippen LogP contribution in [0.25, 0.3) is 0 Å². The molecule has 0 fully saturated rings. The molecule has 2 amide bonds. The summed E-state index contributed by atoms with van der Waals surface area (Å²) >= 11 is 0. The number of fused-ring (bicyclic) bond motifs is 2. The first kappa shape index (κ1) is 30.2. The summed E-state index contributed by atoms with van der Waals surface area (Å²) in [7, 11) is -3.97. The molecule has 3 aromatic rings. The third kappa shape index (κ3) is 9.72. The number of sulfonamides is 1. The number of aromatic nitrogens is 3. The van der Waals surface area contributed by atoms with E-state index in [1.807, 2.05) is 4.72 Å². The molecule has 0 saturated heterocycles. The fraction of sp³-hybridized carbons (Fsp3) is 0.269. The van der Waals surface area contributed by atoms with Gasteiger partial charge < -0.3 is 20.1 Å². The standard InChI is InChI=1S/C26H25F3N6O6S/c27-26(28,29)16-41-25-33-21-13-17-3-7-19(8-4-17)23(37)30-15-22(36)35-42(38,39)12-2-1-11-40-20-9-5-18(6-10-20)14-31-24(32-21)34-25/h1-10H,11-16H2,(H,30,37)(H,35,36)(H,31,32,33,34). The highest BCUT2D eigenvalue weighted by atomic mass is 32.2. The molecule has 0 atom stereocenters. The summed E-state index contributed by atoms with van der Waals surface area (Å²) in [6.45, 7) is -1.88. The maximum atomic E-state index is 12.7. The average molecular weight is 607 g/mol. The van der Waals surface area contributed by atoms with Gasteiger partial charge in [0.1, 0.15) is 18.2 Å². The molecule has 12 nitrogen and oxygen atoms in total. The largest absolute Gasteiger partial charge is 0.490 e. The lowest BCUT2D eigenvalue weighted by Crippen LogP contribution is -2.40. The molecule has 222 valence electrons. The highest BCUT2D eigenvalue weighted by Crippen LogP contribution is 2.19. The third-order valence-corrected chi connectivity index (χ3v) is 6.66. The molecule has 6 rings (SSSR count). The smallest absolute Gasteiger partial charge is 0.422 e. The van der Waals surface area contributed by atoms with E-state index in [0.29, 0.717) is 11.3 Å². The average Bonchev–Trinajstić information content (AvgIpc) is 2.93. The zero-order valence-electron chi connectivity index (χ0n) is 21.8. The molecule has 42 heavy (non-hydrogen) atoms. The molecule has 3 aliphatic rings. The van der Waals surface area contributed by atoms with Crippen LogP contribution >= 0.6 is 0 Å². The number of rotatable bonds is 2. The summed E-state index contributed by atoms with van der Waals surface area (Å²) in [5, 5.41) is 5.28. The Morgan fingerprint density at radius 1 is 0.881 bits per heavy atom. The fourth-order valence-corrected chi connectivity index (χ4v) is 4.42. The Balaban J connectivity index is 1.58. The molecule has 0 aliphatic carbocycles. The number of ether oxygens (including phenoxy) is 2. The number of benzene rings is 2. The fourth-order valence-electron chi connectivity index (χ4n) is 3.53. The highest BCUT2D eigenvalue weighted by Gasteiger charge is 2.29. The van der Waals surface area contributed by atoms with Gasteiger partial charge >= 0.3 is 12.2 Å². The number of amides is 2. The summed E-state index contributed by atoms with van der Waals surface area (Å²) in [6.07, 6.45) is -1.72. The molecular formula is C26H25F3N6O6S. The van der Waals surface area contributed by atoms with Crippen molar-refractivity contribution in [1.29, 1.82) is 0 Å². The zero-order valence-corrected chi connectivity index (χ0v) is 22.7. The van der Waals surface area contributed by atoms with Crippen molar-refractivity contribution in [3.05, 3.63) is 83.2 Å². The summed E-state index contributed by atoms with van der Waals surface area (Å²) in [4.78, 5) is 36.7. The quantitative estimate of drug-likeness (QED) is 0.369. The van der Waals surface area contributed by atoms with Gasteiger partial charge in [0.05, 0.1) is 12.3 Å². The van der Waals surface area contributed by atoms with Gasteiger partial charge in [-0.15, -0.1) is 0 Å². The second-order valence-corrected chi connectivity index (χ2v) is 10.7. The maximum Gasteiger partial charge on any atom is 0.422 e. The van der Waals surface area contributed by atoms with Crippen molar-refractivity contribution in [1.82, 2.24) is 25.0 Å². The number of halogens is 3. The van der Waals surface area contributed by atoms with Gasteiger partial charge in [0.25, 0.3) is 11.8 Å². The molecule has 0 saturated carbocycles. The van der Waals surface area contributed by atoms with Crippen LogP contribution in [0.15, 0.2) is 60.7 Å². The second kappa shape index (κ2) is 13.3. The Morgan fingerprint density at radius 3 is 2.31 bits per heavy atom.